The van der Waals surface area contributed by atoms with Gasteiger partial charge in [-0.15, -0.1) is 0 Å². The van der Waals surface area contributed by atoms with Crippen LogP contribution in [0.15, 0.2) is 36.5 Å². The highest BCUT2D eigenvalue weighted by atomic mass is 16.5. The normalized spacial score (nSPS) is 42.8. The summed E-state index contributed by atoms with van der Waals surface area (Å²) in [7, 11) is 0. The second-order valence-electron chi connectivity index (χ2n) is 20.0. The summed E-state index contributed by atoms with van der Waals surface area (Å²) in [6.07, 6.45) is 15.5. The van der Waals surface area contributed by atoms with E-state index in [0.29, 0.717) is 41.4 Å². The molecule has 2 aromatic rings. The quantitative estimate of drug-likeness (QED) is 0.316. The van der Waals surface area contributed by atoms with Crippen molar-refractivity contribution in [3.63, 3.8) is 0 Å². The Bertz CT molecular complexity index is 1650. The van der Waals surface area contributed by atoms with E-state index in [9.17, 15) is 4.79 Å². The molecule has 5 aliphatic carbocycles. The number of rotatable bonds is 5. The maximum absolute atomic E-state index is 15.4. The lowest BCUT2D eigenvalue weighted by atomic mass is 9.32. The Labute approximate surface area is 307 Å². The molecule has 51 heavy (non-hydrogen) atoms. The van der Waals surface area contributed by atoms with Crippen molar-refractivity contribution >= 4 is 11.9 Å². The van der Waals surface area contributed by atoms with Gasteiger partial charge in [-0.1, -0.05) is 78.8 Å². The summed E-state index contributed by atoms with van der Waals surface area (Å²) in [5, 5.41) is 0. The molecule has 8 rings (SSSR count). The standard InChI is InChI=1S/C45H65N3O3/c1-28(2)31-18-23-45(40(50)48-26-12-15-34(48)39-46-27-33(47-39)30-13-10-9-11-14-30)25-24-43(7)32(38(31)45)16-17-36-42(6)21-20-37(51-29(3)49)41(4,5)35(42)19-22-44(36,43)8/h9-11,13-14,27-28,31-32,34-38H,12,15-26H2,1-8H3,(H,46,47)/t31-,32+,34?,35-,36+,37-,38+,42-,43+,44+,45-/m0/s1. The first-order valence-corrected chi connectivity index (χ1v) is 20.8. The van der Waals surface area contributed by atoms with Crippen LogP contribution in [0.25, 0.3) is 11.3 Å². The number of benzene rings is 1. The van der Waals surface area contributed by atoms with Gasteiger partial charge in [0.1, 0.15) is 11.9 Å². The minimum Gasteiger partial charge on any atom is -0.462 e. The van der Waals surface area contributed by atoms with Gasteiger partial charge in [-0.25, -0.2) is 4.98 Å². The van der Waals surface area contributed by atoms with E-state index < -0.39 is 0 Å². The second kappa shape index (κ2) is 12.2. The van der Waals surface area contributed by atoms with Crippen molar-refractivity contribution in [2.75, 3.05) is 6.54 Å². The summed E-state index contributed by atoms with van der Waals surface area (Å²) >= 11 is 0. The lowest BCUT2D eigenvalue weighted by molar-refractivity contribution is -0.251. The van der Waals surface area contributed by atoms with Crippen molar-refractivity contribution in [3.8, 4) is 11.3 Å². The molecule has 5 saturated carbocycles. The second-order valence-corrected chi connectivity index (χ2v) is 20.0. The Kier molecular flexibility index (Phi) is 8.47. The van der Waals surface area contributed by atoms with E-state index in [1.54, 1.807) is 6.92 Å². The van der Waals surface area contributed by atoms with Gasteiger partial charge in [-0.05, 0) is 134 Å². The van der Waals surface area contributed by atoms with E-state index in [0.717, 1.165) is 68.6 Å². The molecule has 0 spiro atoms. The number of likely N-dealkylation sites (tertiary alicyclic amines) is 1. The van der Waals surface area contributed by atoms with E-state index >= 15 is 4.79 Å². The molecule has 1 unspecified atom stereocenters. The number of fused-ring (bicyclic) bond motifs is 7. The van der Waals surface area contributed by atoms with Gasteiger partial charge in [0, 0.05) is 18.9 Å². The first-order chi connectivity index (χ1) is 24.2. The van der Waals surface area contributed by atoms with Crippen molar-refractivity contribution in [1.82, 2.24) is 14.9 Å². The van der Waals surface area contributed by atoms with Crippen molar-refractivity contribution < 1.29 is 14.3 Å². The topological polar surface area (TPSA) is 75.3 Å². The summed E-state index contributed by atoms with van der Waals surface area (Å²) in [6, 6.07) is 10.5. The summed E-state index contributed by atoms with van der Waals surface area (Å²) < 4.78 is 6.00. The zero-order chi connectivity index (χ0) is 36.1. The van der Waals surface area contributed by atoms with Gasteiger partial charge in [0.2, 0.25) is 5.91 Å². The van der Waals surface area contributed by atoms with Crippen LogP contribution in [0.3, 0.4) is 0 Å². The Morgan fingerprint density at radius 2 is 1.63 bits per heavy atom. The van der Waals surface area contributed by atoms with Crippen LogP contribution in [-0.4, -0.2) is 39.4 Å². The number of imidazole rings is 1. The highest BCUT2D eigenvalue weighted by molar-refractivity contribution is 5.84. The van der Waals surface area contributed by atoms with Gasteiger partial charge < -0.3 is 14.6 Å². The molecule has 6 fully saturated rings. The maximum Gasteiger partial charge on any atom is 0.302 e. The average molecular weight is 696 g/mol. The number of nitrogens with one attached hydrogen (secondary N) is 1. The number of H-pyrrole nitrogens is 1. The molecule has 6 nitrogen and oxygen atoms in total. The van der Waals surface area contributed by atoms with Crippen molar-refractivity contribution in [3.05, 3.63) is 42.4 Å². The highest BCUT2D eigenvalue weighted by Gasteiger charge is 2.72. The van der Waals surface area contributed by atoms with Gasteiger partial charge in [-0.2, -0.15) is 0 Å². The number of hydrogen-bond acceptors (Lipinski definition) is 4. The number of esters is 1. The van der Waals surface area contributed by atoms with Crippen molar-refractivity contribution in [2.24, 2.45) is 62.6 Å². The summed E-state index contributed by atoms with van der Waals surface area (Å²) in [4.78, 5) is 38.4. The largest absolute Gasteiger partial charge is 0.462 e. The molecule has 1 aromatic carbocycles. The Morgan fingerprint density at radius 1 is 0.863 bits per heavy atom. The zero-order valence-electron chi connectivity index (χ0n) is 32.9. The Balaban J connectivity index is 1.10. The molecule has 0 radical (unpaired) electrons. The van der Waals surface area contributed by atoms with Crippen LogP contribution in [0, 0.1) is 62.6 Å². The van der Waals surface area contributed by atoms with Crippen molar-refractivity contribution in [2.45, 2.75) is 145 Å². The van der Waals surface area contributed by atoms with Gasteiger partial charge in [0.25, 0.3) is 0 Å². The van der Waals surface area contributed by atoms with E-state index in [4.69, 9.17) is 9.72 Å². The summed E-state index contributed by atoms with van der Waals surface area (Å²) in [6.45, 7) is 20.1. The Hall–Kier alpha value is -2.63. The number of nitrogens with zero attached hydrogens (tertiary/aromatic N) is 2. The SMILES string of the molecule is CC(=O)O[C@H]1CC[C@]2(C)[C@H]3CC[C@@H]4[C@H]5[C@H](C(C)C)CC[C@]5(C(=O)N5CCCC5c5ncc(-c6ccccc6)[nH]5)CC[C@@]4(C)[C@]3(C)CC[C@H]2C1(C)C. The molecule has 1 aromatic heterocycles. The van der Waals surface area contributed by atoms with Crippen LogP contribution in [0.2, 0.25) is 0 Å². The summed E-state index contributed by atoms with van der Waals surface area (Å²) in [5.41, 5.74) is 2.58. The Morgan fingerprint density at radius 3 is 2.35 bits per heavy atom. The fourth-order valence-corrected chi connectivity index (χ4v) is 15.0. The predicted octanol–water partition coefficient (Wildman–Crippen LogP) is 10.4. The number of hydrogen-bond donors (Lipinski definition) is 1. The van der Waals surface area contributed by atoms with E-state index in [1.165, 1.54) is 32.1 Å². The molecule has 6 heteroatoms. The minimum absolute atomic E-state index is 0.0106. The monoisotopic (exact) mass is 696 g/mol. The third kappa shape index (κ3) is 5.02. The van der Waals surface area contributed by atoms with Gasteiger partial charge in [0.05, 0.1) is 23.3 Å². The first kappa shape index (κ1) is 35.4. The van der Waals surface area contributed by atoms with Crippen LogP contribution in [-0.2, 0) is 14.3 Å². The predicted molar refractivity (Wildman–Crippen MR) is 202 cm³/mol. The average Bonchev–Trinajstić information content (AvgIpc) is 3.85. The smallest absolute Gasteiger partial charge is 0.302 e. The van der Waals surface area contributed by atoms with Gasteiger partial charge >= 0.3 is 5.97 Å². The lowest BCUT2D eigenvalue weighted by Crippen LogP contribution is -2.67. The third-order valence-electron chi connectivity index (χ3n) is 17.5. The fraction of sp³-hybridized carbons (Fsp3) is 0.756. The number of carbonyl (C=O) groups excluding carboxylic acids is 2. The molecular formula is C45H65N3O3. The fourth-order valence-electron chi connectivity index (χ4n) is 15.0. The number of ether oxygens (including phenoxy) is 1. The van der Waals surface area contributed by atoms with Gasteiger partial charge in [0.15, 0.2) is 0 Å². The van der Waals surface area contributed by atoms with Gasteiger partial charge in [-0.3, -0.25) is 9.59 Å². The minimum atomic E-state index is -0.259. The number of carbonyl (C=O) groups is 2. The zero-order valence-corrected chi connectivity index (χ0v) is 32.9. The van der Waals surface area contributed by atoms with E-state index in [-0.39, 0.29) is 45.2 Å². The van der Waals surface area contributed by atoms with Crippen LogP contribution in [0.1, 0.15) is 144 Å². The highest BCUT2D eigenvalue weighted by Crippen LogP contribution is 2.78. The molecule has 1 N–H and O–H groups in total. The van der Waals surface area contributed by atoms with Crippen LogP contribution >= 0.6 is 0 Å². The molecule has 1 saturated heterocycles. The summed E-state index contributed by atoms with van der Waals surface area (Å²) in [5.74, 6) is 4.67. The molecule has 6 aliphatic rings. The van der Waals surface area contributed by atoms with Crippen molar-refractivity contribution in [1.29, 1.82) is 0 Å². The maximum atomic E-state index is 15.4. The molecule has 11 atom stereocenters. The number of aromatic nitrogens is 2. The molecule has 278 valence electrons. The third-order valence-corrected chi connectivity index (χ3v) is 17.5. The first-order valence-electron chi connectivity index (χ1n) is 20.8. The van der Waals surface area contributed by atoms with Crippen LogP contribution in [0.4, 0.5) is 0 Å². The molecule has 1 amide bonds. The molecule has 1 aliphatic heterocycles. The number of aromatic amines is 1. The van der Waals surface area contributed by atoms with Crippen LogP contribution < -0.4 is 0 Å². The van der Waals surface area contributed by atoms with Crippen LogP contribution in [0.5, 0.6) is 0 Å². The lowest BCUT2D eigenvalue weighted by Gasteiger charge is -2.73. The van der Waals surface area contributed by atoms with E-state index in [2.05, 4.69) is 82.6 Å². The molecule has 2 heterocycles. The van der Waals surface area contributed by atoms with E-state index in [1.807, 2.05) is 12.3 Å². The number of amides is 1. The molecule has 0 bridgehead atoms. The molecular weight excluding hydrogens is 631 g/mol.